The molecule has 1 aromatic heterocycles. The average molecular weight is 482 g/mol. The average Bonchev–Trinajstić information content (AvgIpc) is 3.49. The summed E-state index contributed by atoms with van der Waals surface area (Å²) in [5, 5.41) is 7.06. The van der Waals surface area contributed by atoms with Gasteiger partial charge in [0.05, 0.1) is 17.9 Å². The first-order valence-corrected chi connectivity index (χ1v) is 12.7. The number of aromatic nitrogens is 2. The number of carbonyl (C=O) groups excluding carboxylic acids is 1. The monoisotopic (exact) mass is 481 g/mol. The van der Waals surface area contributed by atoms with Crippen LogP contribution in [-0.2, 0) is 42.9 Å². The molecule has 2 amide bonds. The number of hydrogen-bond donors (Lipinski definition) is 2. The first kappa shape index (κ1) is 24.5. The summed E-state index contributed by atoms with van der Waals surface area (Å²) in [5.41, 5.74) is 6.19. The summed E-state index contributed by atoms with van der Waals surface area (Å²) >= 11 is 0. The molecule has 0 saturated carbocycles. The van der Waals surface area contributed by atoms with Gasteiger partial charge in [0.2, 0.25) is 0 Å². The van der Waals surface area contributed by atoms with Crippen LogP contribution in [0.3, 0.4) is 0 Å². The number of benzene rings is 1. The molecule has 0 spiro atoms. The number of aryl methyl sites for hydroxylation is 3. The predicted molar refractivity (Wildman–Crippen MR) is 129 cm³/mol. The Morgan fingerprint density at radius 2 is 1.79 bits per heavy atom. The van der Waals surface area contributed by atoms with E-state index in [1.54, 1.807) is 17.9 Å². The van der Waals surface area contributed by atoms with Crippen LogP contribution in [0.4, 0.5) is 16.2 Å². The maximum Gasteiger partial charge on any atom is 0.334 e. The van der Waals surface area contributed by atoms with Gasteiger partial charge in [-0.1, -0.05) is 6.07 Å². The number of likely N-dealkylation sites (N-methyl/N-ethyl adjacent to an activating group) is 1. The topological polar surface area (TPSA) is 99.6 Å². The summed E-state index contributed by atoms with van der Waals surface area (Å²) in [4.78, 5) is 15.1. The molecule has 1 unspecified atom stereocenters. The summed E-state index contributed by atoms with van der Waals surface area (Å²) < 4.78 is 32.0. The van der Waals surface area contributed by atoms with Crippen LogP contribution in [0.2, 0.25) is 0 Å². The molecular weight excluding hydrogens is 451 g/mol. The van der Waals surface area contributed by atoms with Gasteiger partial charge in [0, 0.05) is 55.0 Å². The van der Waals surface area contributed by atoms with Crippen molar-refractivity contribution < 1.29 is 13.2 Å². The van der Waals surface area contributed by atoms with Gasteiger partial charge in [-0.25, -0.2) is 13.8 Å². The molecule has 11 heteroatoms. The molecule has 2 aliphatic carbocycles. The van der Waals surface area contributed by atoms with E-state index < -0.39 is 16.2 Å². The zero-order valence-electron chi connectivity index (χ0n) is 19.6. The van der Waals surface area contributed by atoms with E-state index in [0.29, 0.717) is 18.7 Å². The fourth-order valence-electron chi connectivity index (χ4n) is 5.44. The van der Waals surface area contributed by atoms with Crippen LogP contribution in [-0.4, -0.2) is 84.9 Å². The molecule has 1 fully saturated rings. The number of hydrogen-bond acceptors (Lipinski definition) is 5. The standard InChI is InChI=1S/C22H30N6O3S.Na/c1-26-10-9-17(13-26)28(18-12-23-27(2)14-18)32(30,31)25-22(29)24-21-19-7-3-5-15(19)11-16-6-4-8-20(16)21;/h11-12,14,17H,3-10,13H2,1-2H3,(H2,24,25,29);. The zero-order chi connectivity index (χ0) is 22.5. The summed E-state index contributed by atoms with van der Waals surface area (Å²) in [7, 11) is -0.420. The summed E-state index contributed by atoms with van der Waals surface area (Å²) in [6.45, 7) is 1.39. The number of urea groups is 1. The minimum Gasteiger partial charge on any atom is -0.307 e. The van der Waals surface area contributed by atoms with Crippen molar-refractivity contribution in [2.24, 2.45) is 7.05 Å². The van der Waals surface area contributed by atoms with Gasteiger partial charge in [-0.2, -0.15) is 13.5 Å². The molecule has 2 aromatic rings. The molecule has 33 heavy (non-hydrogen) atoms. The fraction of sp³-hybridized carbons (Fsp3) is 0.545. The van der Waals surface area contributed by atoms with E-state index >= 15 is 0 Å². The van der Waals surface area contributed by atoms with E-state index in [2.05, 4.69) is 26.1 Å². The van der Waals surface area contributed by atoms with Gasteiger partial charge in [-0.05, 0) is 80.8 Å². The van der Waals surface area contributed by atoms with Crippen molar-refractivity contribution in [1.29, 1.82) is 0 Å². The minimum atomic E-state index is -4.13. The fourth-order valence-corrected chi connectivity index (χ4v) is 6.76. The quantitative estimate of drug-likeness (QED) is 0.632. The van der Waals surface area contributed by atoms with Crippen molar-refractivity contribution >= 4 is 57.2 Å². The second kappa shape index (κ2) is 9.58. The molecule has 5 rings (SSSR count). The van der Waals surface area contributed by atoms with Crippen molar-refractivity contribution in [1.82, 2.24) is 19.4 Å². The Hall–Kier alpha value is -1.59. The predicted octanol–water partition coefficient (Wildman–Crippen LogP) is 1.59. The third-order valence-electron chi connectivity index (χ3n) is 6.84. The molecule has 0 bridgehead atoms. The number of likely N-dealkylation sites (tertiary alicyclic amines) is 1. The summed E-state index contributed by atoms with van der Waals surface area (Å²) in [5.74, 6) is 0. The van der Waals surface area contributed by atoms with Crippen LogP contribution in [0.1, 0.15) is 41.5 Å². The second-order valence-corrected chi connectivity index (χ2v) is 10.7. The van der Waals surface area contributed by atoms with E-state index in [1.807, 2.05) is 7.05 Å². The SMILES string of the molecule is CN1CCC(N(c2cnn(C)c2)S(=O)(=O)NC(=O)Nc2c3c(cc4c2CCC4)CCC3)C1.[Na]. The van der Waals surface area contributed by atoms with Gasteiger partial charge in [-0.3, -0.25) is 4.68 Å². The number of nitrogens with one attached hydrogen (secondary N) is 2. The van der Waals surface area contributed by atoms with Crippen molar-refractivity contribution in [3.05, 3.63) is 40.7 Å². The molecule has 3 aliphatic rings. The van der Waals surface area contributed by atoms with Crippen LogP contribution < -0.4 is 14.3 Å². The van der Waals surface area contributed by atoms with Gasteiger partial charge < -0.3 is 10.2 Å². The first-order valence-electron chi connectivity index (χ1n) is 11.3. The Balaban J connectivity index is 0.00000259. The molecule has 2 heterocycles. The van der Waals surface area contributed by atoms with Crippen molar-refractivity contribution in [3.8, 4) is 0 Å². The molecule has 9 nitrogen and oxygen atoms in total. The molecule has 1 atom stereocenters. The van der Waals surface area contributed by atoms with Crippen LogP contribution in [0.5, 0.6) is 0 Å². The number of nitrogens with zero attached hydrogens (tertiary/aromatic N) is 4. The van der Waals surface area contributed by atoms with E-state index in [-0.39, 0.29) is 35.6 Å². The van der Waals surface area contributed by atoms with Gasteiger partial charge >= 0.3 is 16.2 Å². The van der Waals surface area contributed by atoms with E-state index in [9.17, 15) is 13.2 Å². The Labute approximate surface area is 217 Å². The van der Waals surface area contributed by atoms with Crippen LogP contribution in [0, 0.1) is 0 Å². The van der Waals surface area contributed by atoms with Gasteiger partial charge in [0.1, 0.15) is 0 Å². The molecule has 2 N–H and O–H groups in total. The smallest absolute Gasteiger partial charge is 0.307 e. The molecular formula is C22H30N6NaO3S. The van der Waals surface area contributed by atoms with Crippen LogP contribution in [0.25, 0.3) is 0 Å². The first-order chi connectivity index (χ1) is 15.3. The van der Waals surface area contributed by atoms with Crippen molar-refractivity contribution in [2.75, 3.05) is 29.8 Å². The summed E-state index contributed by atoms with van der Waals surface area (Å²) in [6.07, 6.45) is 9.87. The Kier molecular flexibility index (Phi) is 7.12. The normalized spacial score (nSPS) is 19.6. The molecule has 1 radical (unpaired) electrons. The maximum atomic E-state index is 13.4. The number of fused-ring (bicyclic) bond motifs is 2. The number of rotatable bonds is 5. The molecule has 173 valence electrons. The Morgan fingerprint density at radius 3 is 2.33 bits per heavy atom. The van der Waals surface area contributed by atoms with Crippen LogP contribution in [0.15, 0.2) is 18.5 Å². The Bertz CT molecular complexity index is 1130. The number of amides is 2. The van der Waals surface area contributed by atoms with E-state index in [0.717, 1.165) is 50.8 Å². The summed E-state index contributed by atoms with van der Waals surface area (Å²) in [6, 6.07) is 1.31. The second-order valence-electron chi connectivity index (χ2n) is 9.17. The van der Waals surface area contributed by atoms with Gasteiger partial charge in [0.15, 0.2) is 0 Å². The minimum absolute atomic E-state index is 0. The van der Waals surface area contributed by atoms with Crippen molar-refractivity contribution in [2.45, 2.75) is 51.0 Å². The zero-order valence-corrected chi connectivity index (χ0v) is 22.4. The third kappa shape index (κ3) is 4.81. The third-order valence-corrected chi connectivity index (χ3v) is 8.31. The maximum absolute atomic E-state index is 13.4. The molecule has 1 aliphatic heterocycles. The van der Waals surface area contributed by atoms with Gasteiger partial charge in [0.25, 0.3) is 0 Å². The molecule has 1 saturated heterocycles. The Morgan fingerprint density at radius 1 is 1.12 bits per heavy atom. The van der Waals surface area contributed by atoms with Gasteiger partial charge in [-0.15, -0.1) is 0 Å². The van der Waals surface area contributed by atoms with Crippen LogP contribution >= 0.6 is 0 Å². The number of carbonyl (C=O) groups is 1. The van der Waals surface area contributed by atoms with E-state index in [1.165, 1.54) is 32.8 Å². The number of anilines is 2. The van der Waals surface area contributed by atoms with E-state index in [4.69, 9.17) is 0 Å². The largest absolute Gasteiger partial charge is 0.334 e. The van der Waals surface area contributed by atoms with Crippen molar-refractivity contribution in [3.63, 3.8) is 0 Å². The molecule has 1 aromatic carbocycles.